The van der Waals surface area contributed by atoms with Crippen molar-refractivity contribution in [2.45, 2.75) is 6.92 Å². The van der Waals surface area contributed by atoms with Crippen LogP contribution in [0.4, 0.5) is 11.5 Å². The third kappa shape index (κ3) is 4.64. The first-order valence-corrected chi connectivity index (χ1v) is 7.69. The average molecular weight is 400 g/mol. The SMILES string of the molecule is CCOc1c(Cl)cc(/C=N/Nc2ccc([N+](=O)[O-])cn2)cc1Br. The summed E-state index contributed by atoms with van der Waals surface area (Å²) in [4.78, 5) is 13.9. The minimum absolute atomic E-state index is 0.0817. The highest BCUT2D eigenvalue weighted by atomic mass is 79.9. The fraction of sp³-hybridized carbons (Fsp3) is 0.143. The lowest BCUT2D eigenvalue weighted by Gasteiger charge is -2.08. The molecule has 0 bridgehead atoms. The number of benzene rings is 1. The van der Waals surface area contributed by atoms with E-state index in [1.54, 1.807) is 12.3 Å². The summed E-state index contributed by atoms with van der Waals surface area (Å²) in [5.74, 6) is 0.972. The van der Waals surface area contributed by atoms with Gasteiger partial charge in [-0.15, -0.1) is 0 Å². The monoisotopic (exact) mass is 398 g/mol. The molecule has 0 unspecified atom stereocenters. The van der Waals surface area contributed by atoms with Crippen LogP contribution in [0.5, 0.6) is 5.75 Å². The van der Waals surface area contributed by atoms with Crippen molar-refractivity contribution in [2.75, 3.05) is 12.0 Å². The molecule has 0 amide bonds. The molecular weight excluding hydrogens is 388 g/mol. The number of halogens is 2. The zero-order valence-corrected chi connectivity index (χ0v) is 14.3. The van der Waals surface area contributed by atoms with Crippen LogP contribution in [0.15, 0.2) is 40.0 Å². The molecule has 0 aliphatic heterocycles. The molecule has 0 saturated heterocycles. The van der Waals surface area contributed by atoms with Crippen LogP contribution < -0.4 is 10.2 Å². The minimum Gasteiger partial charge on any atom is -0.491 e. The smallest absolute Gasteiger partial charge is 0.287 e. The maximum absolute atomic E-state index is 10.5. The van der Waals surface area contributed by atoms with Gasteiger partial charge in [0.2, 0.25) is 0 Å². The Bertz CT molecular complexity index is 714. The molecule has 2 aromatic rings. The Morgan fingerprint density at radius 1 is 1.52 bits per heavy atom. The first kappa shape index (κ1) is 17.2. The summed E-state index contributed by atoms with van der Waals surface area (Å²) in [5.41, 5.74) is 3.35. The van der Waals surface area contributed by atoms with E-state index in [1.165, 1.54) is 12.1 Å². The van der Waals surface area contributed by atoms with Crippen LogP contribution >= 0.6 is 27.5 Å². The second-order valence-corrected chi connectivity index (χ2v) is 5.54. The van der Waals surface area contributed by atoms with Crippen LogP contribution in [0.3, 0.4) is 0 Å². The van der Waals surface area contributed by atoms with Crippen molar-refractivity contribution in [3.8, 4) is 5.75 Å². The largest absolute Gasteiger partial charge is 0.491 e. The Kier molecular flexibility index (Phi) is 5.89. The van der Waals surface area contributed by atoms with Crippen LogP contribution in [0.1, 0.15) is 12.5 Å². The molecule has 0 aliphatic carbocycles. The highest BCUT2D eigenvalue weighted by Crippen LogP contribution is 2.34. The molecule has 0 aliphatic rings. The van der Waals surface area contributed by atoms with Crippen molar-refractivity contribution in [1.82, 2.24) is 4.98 Å². The van der Waals surface area contributed by atoms with Gasteiger partial charge in [0, 0.05) is 6.07 Å². The van der Waals surface area contributed by atoms with E-state index < -0.39 is 4.92 Å². The quantitative estimate of drug-likeness (QED) is 0.445. The zero-order valence-electron chi connectivity index (χ0n) is 12.0. The summed E-state index contributed by atoms with van der Waals surface area (Å²) in [7, 11) is 0. The van der Waals surface area contributed by atoms with E-state index in [-0.39, 0.29) is 5.69 Å². The van der Waals surface area contributed by atoms with Crippen molar-refractivity contribution in [2.24, 2.45) is 5.10 Å². The number of nitrogens with zero attached hydrogens (tertiary/aromatic N) is 3. The Morgan fingerprint density at radius 3 is 2.87 bits per heavy atom. The van der Waals surface area contributed by atoms with Gasteiger partial charge in [0.1, 0.15) is 12.0 Å². The maximum atomic E-state index is 10.5. The number of rotatable bonds is 6. The fourth-order valence-electron chi connectivity index (χ4n) is 1.67. The summed E-state index contributed by atoms with van der Waals surface area (Å²) >= 11 is 9.53. The van der Waals surface area contributed by atoms with Crippen molar-refractivity contribution in [1.29, 1.82) is 0 Å². The highest BCUT2D eigenvalue weighted by Gasteiger charge is 2.08. The number of nitrogens with one attached hydrogen (secondary N) is 1. The van der Waals surface area contributed by atoms with Crippen molar-refractivity contribution >= 4 is 45.3 Å². The van der Waals surface area contributed by atoms with Gasteiger partial charge < -0.3 is 4.74 Å². The van der Waals surface area contributed by atoms with Gasteiger partial charge in [-0.25, -0.2) is 4.98 Å². The Labute approximate surface area is 145 Å². The van der Waals surface area contributed by atoms with Crippen molar-refractivity contribution < 1.29 is 9.66 Å². The first-order valence-electron chi connectivity index (χ1n) is 6.52. The predicted octanol–water partition coefficient (Wildman–Crippen LogP) is 4.25. The van der Waals surface area contributed by atoms with Gasteiger partial charge in [-0.2, -0.15) is 5.10 Å². The minimum atomic E-state index is -0.514. The Morgan fingerprint density at radius 2 is 2.30 bits per heavy atom. The van der Waals surface area contributed by atoms with E-state index in [9.17, 15) is 10.1 Å². The molecule has 120 valence electrons. The normalized spacial score (nSPS) is 10.7. The molecule has 0 spiro atoms. The summed E-state index contributed by atoms with van der Waals surface area (Å²) < 4.78 is 6.15. The van der Waals surface area contributed by atoms with Gasteiger partial charge in [-0.3, -0.25) is 15.5 Å². The summed E-state index contributed by atoms with van der Waals surface area (Å²) in [5, 5.41) is 15.0. The molecule has 9 heteroatoms. The zero-order chi connectivity index (χ0) is 16.8. The molecular formula is C14H12BrClN4O3. The molecule has 0 fully saturated rings. The number of anilines is 1. The summed E-state index contributed by atoms with van der Waals surface area (Å²) in [6, 6.07) is 6.34. The van der Waals surface area contributed by atoms with E-state index in [4.69, 9.17) is 16.3 Å². The van der Waals surface area contributed by atoms with Crippen LogP contribution in [-0.4, -0.2) is 22.7 Å². The number of pyridine rings is 1. The number of nitro groups is 1. The molecule has 1 N–H and O–H groups in total. The van der Waals surface area contributed by atoms with Crippen LogP contribution in [-0.2, 0) is 0 Å². The van der Waals surface area contributed by atoms with Crippen molar-refractivity contribution in [3.63, 3.8) is 0 Å². The van der Waals surface area contributed by atoms with Gasteiger partial charge in [-0.1, -0.05) is 11.6 Å². The van der Waals surface area contributed by atoms with E-state index in [0.717, 1.165) is 16.2 Å². The molecule has 7 nitrogen and oxygen atoms in total. The first-order chi connectivity index (χ1) is 11.0. The van der Waals surface area contributed by atoms with Crippen LogP contribution in [0.2, 0.25) is 5.02 Å². The number of ether oxygens (including phenoxy) is 1. The van der Waals surface area contributed by atoms with E-state index in [0.29, 0.717) is 23.2 Å². The lowest BCUT2D eigenvalue weighted by Crippen LogP contribution is -1.97. The van der Waals surface area contributed by atoms with Gasteiger partial charge >= 0.3 is 0 Å². The number of hydrogen-bond acceptors (Lipinski definition) is 6. The average Bonchev–Trinajstić information content (AvgIpc) is 2.51. The maximum Gasteiger partial charge on any atom is 0.287 e. The molecule has 1 aromatic heterocycles. The molecule has 0 saturated carbocycles. The van der Waals surface area contributed by atoms with Crippen LogP contribution in [0.25, 0.3) is 0 Å². The van der Waals surface area contributed by atoms with E-state index >= 15 is 0 Å². The number of hydrogen-bond donors (Lipinski definition) is 1. The van der Waals surface area contributed by atoms with Gasteiger partial charge in [0.15, 0.2) is 5.75 Å². The lowest BCUT2D eigenvalue weighted by molar-refractivity contribution is -0.385. The third-order valence-corrected chi connectivity index (χ3v) is 3.53. The van der Waals surface area contributed by atoms with Crippen LogP contribution in [0, 0.1) is 10.1 Å². The highest BCUT2D eigenvalue weighted by molar-refractivity contribution is 9.10. The van der Waals surface area contributed by atoms with E-state index in [1.807, 2.05) is 13.0 Å². The Balaban J connectivity index is 2.07. The topological polar surface area (TPSA) is 89.6 Å². The molecule has 0 radical (unpaired) electrons. The predicted molar refractivity (Wildman–Crippen MR) is 92.4 cm³/mol. The van der Waals surface area contributed by atoms with Gasteiger partial charge in [0.25, 0.3) is 5.69 Å². The lowest BCUT2D eigenvalue weighted by atomic mass is 10.2. The molecule has 2 rings (SSSR count). The second-order valence-electron chi connectivity index (χ2n) is 4.28. The number of hydrazone groups is 1. The molecule has 1 heterocycles. The molecule has 1 aromatic carbocycles. The van der Waals surface area contributed by atoms with Crippen molar-refractivity contribution in [3.05, 3.63) is 55.6 Å². The van der Waals surface area contributed by atoms with E-state index in [2.05, 4.69) is 31.4 Å². The molecule has 0 atom stereocenters. The van der Waals surface area contributed by atoms with Gasteiger partial charge in [0.05, 0.1) is 27.2 Å². The standard InChI is InChI=1S/C14H12BrClN4O3/c1-2-23-14-11(15)5-9(6-12(14)16)7-18-19-13-4-3-10(8-17-13)20(21)22/h3-8H,2H2,1H3,(H,17,19)/b18-7+. The third-order valence-electron chi connectivity index (χ3n) is 2.66. The van der Waals surface area contributed by atoms with Gasteiger partial charge in [-0.05, 0) is 46.6 Å². The fourth-order valence-corrected chi connectivity index (χ4v) is 2.66. The summed E-state index contributed by atoms with van der Waals surface area (Å²) in [6.45, 7) is 2.39. The number of aromatic nitrogens is 1. The second kappa shape index (κ2) is 7.89. The summed E-state index contributed by atoms with van der Waals surface area (Å²) in [6.07, 6.45) is 2.71. The molecule has 23 heavy (non-hydrogen) atoms. The Hall–Kier alpha value is -2.19.